The summed E-state index contributed by atoms with van der Waals surface area (Å²) in [5.41, 5.74) is 0.951. The molecule has 44 heavy (non-hydrogen) atoms. The van der Waals surface area contributed by atoms with Gasteiger partial charge in [0.1, 0.15) is 10.6 Å². The Bertz CT molecular complexity index is 1830. The number of hydrogen-bond donors (Lipinski definition) is 2. The zero-order valence-electron chi connectivity index (χ0n) is 23.9. The summed E-state index contributed by atoms with van der Waals surface area (Å²) >= 11 is 1.52. The predicted molar refractivity (Wildman–Crippen MR) is 164 cm³/mol. The molecule has 7 nitrogen and oxygen atoms in total. The second kappa shape index (κ2) is 11.3. The van der Waals surface area contributed by atoms with Crippen molar-refractivity contribution in [2.75, 3.05) is 30.9 Å². The first-order valence-corrected chi connectivity index (χ1v) is 16.2. The Morgan fingerprint density at radius 1 is 1.00 bits per heavy atom. The monoisotopic (exact) mass is 641 g/mol. The van der Waals surface area contributed by atoms with Gasteiger partial charge in [-0.2, -0.15) is 21.6 Å². The Balaban J connectivity index is 1.23. The SMILES string of the molecule is CN(C)c1cccc2c(S(=O)(=O)OCC[C@H]3C[C@]4(NC(=O)C(F)(F)F)Nc5ccc(Sc6ccccc6)cc5[C@H]34)cccc12. The molecule has 1 fully saturated rings. The van der Waals surface area contributed by atoms with Crippen molar-refractivity contribution in [2.45, 2.75) is 45.3 Å². The van der Waals surface area contributed by atoms with Crippen LogP contribution in [0, 0.1) is 5.92 Å². The molecule has 0 unspecified atom stereocenters. The zero-order valence-corrected chi connectivity index (χ0v) is 25.5. The Morgan fingerprint density at radius 2 is 1.73 bits per heavy atom. The number of benzene rings is 4. The van der Waals surface area contributed by atoms with Crippen LogP contribution in [-0.4, -0.2) is 46.9 Å². The van der Waals surface area contributed by atoms with Gasteiger partial charge in [0.05, 0.1) is 6.61 Å². The first kappa shape index (κ1) is 30.3. The van der Waals surface area contributed by atoms with Crippen LogP contribution in [0.25, 0.3) is 10.8 Å². The summed E-state index contributed by atoms with van der Waals surface area (Å²) in [5.74, 6) is -2.77. The Hall–Kier alpha value is -3.74. The summed E-state index contributed by atoms with van der Waals surface area (Å²) in [6, 6.07) is 25.7. The van der Waals surface area contributed by atoms with Crippen LogP contribution < -0.4 is 15.5 Å². The minimum atomic E-state index is -5.04. The number of carbonyl (C=O) groups excluding carboxylic acids is 1. The van der Waals surface area contributed by atoms with Crippen molar-refractivity contribution in [1.29, 1.82) is 0 Å². The van der Waals surface area contributed by atoms with Gasteiger partial charge < -0.3 is 15.5 Å². The minimum Gasteiger partial charge on any atom is -0.377 e. The predicted octanol–water partition coefficient (Wildman–Crippen LogP) is 6.76. The second-order valence-corrected chi connectivity index (χ2v) is 14.0. The molecule has 2 N–H and O–H groups in total. The van der Waals surface area contributed by atoms with Gasteiger partial charge >= 0.3 is 12.1 Å². The molecular formula is C32H30F3N3O4S2. The summed E-state index contributed by atoms with van der Waals surface area (Å²) in [4.78, 5) is 15.9. The summed E-state index contributed by atoms with van der Waals surface area (Å²) in [5, 5.41) is 6.64. The molecule has 2 aliphatic rings. The minimum absolute atomic E-state index is 0.0505. The normalized spacial score (nSPS) is 20.8. The molecule has 0 spiro atoms. The number of anilines is 2. The Labute approximate surface area is 257 Å². The van der Waals surface area contributed by atoms with Gasteiger partial charge in [-0.25, -0.2) is 0 Å². The molecule has 230 valence electrons. The molecule has 1 aliphatic heterocycles. The highest BCUT2D eigenvalue weighted by Crippen LogP contribution is 2.59. The fourth-order valence-electron chi connectivity index (χ4n) is 6.34. The van der Waals surface area contributed by atoms with E-state index in [1.807, 2.05) is 73.6 Å². The van der Waals surface area contributed by atoms with E-state index in [-0.39, 0.29) is 30.3 Å². The second-order valence-electron chi connectivity index (χ2n) is 11.2. The van der Waals surface area contributed by atoms with Crippen LogP contribution in [0.2, 0.25) is 0 Å². The van der Waals surface area contributed by atoms with Gasteiger partial charge in [-0.3, -0.25) is 8.98 Å². The zero-order chi connectivity index (χ0) is 31.3. The first-order valence-electron chi connectivity index (χ1n) is 14.0. The third-order valence-electron chi connectivity index (χ3n) is 8.21. The van der Waals surface area contributed by atoms with Crippen molar-refractivity contribution in [3.05, 3.63) is 90.5 Å². The van der Waals surface area contributed by atoms with Gasteiger partial charge in [0.15, 0.2) is 0 Å². The third-order valence-corrected chi connectivity index (χ3v) is 10.6. The fraction of sp³-hybridized carbons (Fsp3) is 0.281. The van der Waals surface area contributed by atoms with E-state index in [9.17, 15) is 26.4 Å². The number of amides is 1. The van der Waals surface area contributed by atoms with Gasteiger partial charge in [-0.05, 0) is 66.8 Å². The van der Waals surface area contributed by atoms with E-state index in [2.05, 4.69) is 10.6 Å². The first-order chi connectivity index (χ1) is 20.9. The van der Waals surface area contributed by atoms with Crippen LogP contribution in [0.1, 0.15) is 24.3 Å². The Morgan fingerprint density at radius 3 is 2.45 bits per heavy atom. The maximum atomic E-state index is 13.3. The molecule has 0 radical (unpaired) electrons. The van der Waals surface area contributed by atoms with Gasteiger partial charge in [0.25, 0.3) is 10.1 Å². The number of carbonyl (C=O) groups is 1. The standard InChI is InChI=1S/C32H30F3N3O4S2/c1-38(2)27-12-6-11-24-23(27)10-7-13-28(24)44(40,41)42-17-16-20-19-31(37-30(39)32(33,34)35)29(20)25-18-22(14-15-26(25)36-31)43-21-8-4-3-5-9-21/h3-15,18,20,29,36H,16-17,19H2,1-2H3,(H,37,39)/t20-,29-,31+/m0/s1. The quantitative estimate of drug-likeness (QED) is 0.196. The molecule has 4 aromatic rings. The van der Waals surface area contributed by atoms with Crippen LogP contribution >= 0.6 is 11.8 Å². The van der Waals surface area contributed by atoms with Crippen molar-refractivity contribution in [2.24, 2.45) is 5.92 Å². The number of hydrogen-bond acceptors (Lipinski definition) is 7. The molecule has 12 heteroatoms. The molecule has 0 saturated heterocycles. The van der Waals surface area contributed by atoms with E-state index in [1.165, 1.54) is 17.8 Å². The van der Waals surface area contributed by atoms with E-state index in [4.69, 9.17) is 4.18 Å². The van der Waals surface area contributed by atoms with E-state index >= 15 is 0 Å². The molecule has 1 aliphatic carbocycles. The number of nitrogens with zero attached hydrogens (tertiary/aromatic N) is 1. The largest absolute Gasteiger partial charge is 0.471 e. The maximum Gasteiger partial charge on any atom is 0.471 e. The van der Waals surface area contributed by atoms with Gasteiger partial charge in [0.2, 0.25) is 0 Å². The van der Waals surface area contributed by atoms with Gasteiger partial charge in [-0.1, -0.05) is 54.2 Å². The number of alkyl halides is 3. The summed E-state index contributed by atoms with van der Waals surface area (Å²) in [6.45, 7) is -0.162. The lowest BCUT2D eigenvalue weighted by Crippen LogP contribution is -2.66. The fourth-order valence-corrected chi connectivity index (χ4v) is 8.36. The number of halogens is 3. The molecule has 4 aromatic carbocycles. The van der Waals surface area contributed by atoms with Crippen LogP contribution in [0.5, 0.6) is 0 Å². The Kier molecular flexibility index (Phi) is 7.79. The van der Waals surface area contributed by atoms with Crippen LogP contribution in [0.4, 0.5) is 24.5 Å². The number of fused-ring (bicyclic) bond motifs is 4. The van der Waals surface area contributed by atoms with Gasteiger partial charge in [0, 0.05) is 52.0 Å². The van der Waals surface area contributed by atoms with E-state index in [1.54, 1.807) is 24.3 Å². The van der Waals surface area contributed by atoms with Crippen molar-refractivity contribution in [1.82, 2.24) is 5.32 Å². The maximum absolute atomic E-state index is 13.3. The van der Waals surface area contributed by atoms with E-state index in [0.717, 1.165) is 26.4 Å². The third kappa shape index (κ3) is 5.62. The highest BCUT2D eigenvalue weighted by molar-refractivity contribution is 7.99. The lowest BCUT2D eigenvalue weighted by Gasteiger charge is -2.51. The molecule has 1 saturated carbocycles. The average molecular weight is 642 g/mol. The lowest BCUT2D eigenvalue weighted by molar-refractivity contribution is -0.177. The molecule has 1 amide bonds. The topological polar surface area (TPSA) is 87.7 Å². The molecule has 1 heterocycles. The van der Waals surface area contributed by atoms with Crippen molar-refractivity contribution < 1.29 is 30.6 Å². The molecule has 6 rings (SSSR count). The van der Waals surface area contributed by atoms with Crippen molar-refractivity contribution in [3.63, 3.8) is 0 Å². The summed E-state index contributed by atoms with van der Waals surface area (Å²) in [7, 11) is -0.390. The molecule has 0 bridgehead atoms. The number of rotatable bonds is 9. The van der Waals surface area contributed by atoms with Crippen LogP contribution in [0.3, 0.4) is 0 Å². The average Bonchev–Trinajstić information content (AvgIpc) is 3.21. The summed E-state index contributed by atoms with van der Waals surface area (Å²) in [6.07, 6.45) is -4.60. The highest BCUT2D eigenvalue weighted by atomic mass is 32.2. The smallest absolute Gasteiger partial charge is 0.377 e. The lowest BCUT2D eigenvalue weighted by atomic mass is 9.62. The van der Waals surface area contributed by atoms with Crippen LogP contribution in [0.15, 0.2) is 99.6 Å². The molecule has 3 atom stereocenters. The highest BCUT2D eigenvalue weighted by Gasteiger charge is 2.61. The molecular weight excluding hydrogens is 611 g/mol. The van der Waals surface area contributed by atoms with Crippen molar-refractivity contribution in [3.8, 4) is 0 Å². The molecule has 0 aromatic heterocycles. The van der Waals surface area contributed by atoms with Crippen molar-refractivity contribution >= 4 is 49.9 Å². The van der Waals surface area contributed by atoms with Gasteiger partial charge in [-0.15, -0.1) is 0 Å². The number of nitrogens with one attached hydrogen (secondary N) is 2. The van der Waals surface area contributed by atoms with E-state index in [0.29, 0.717) is 11.1 Å². The van der Waals surface area contributed by atoms with Crippen LogP contribution in [-0.2, 0) is 19.1 Å². The van der Waals surface area contributed by atoms with E-state index < -0.39 is 33.8 Å². The summed E-state index contributed by atoms with van der Waals surface area (Å²) < 4.78 is 72.1.